The van der Waals surface area contributed by atoms with Crippen LogP contribution in [0.1, 0.15) is 24.3 Å². The fraction of sp³-hybridized carbons (Fsp3) is 0.333. The predicted molar refractivity (Wildman–Crippen MR) is 99.8 cm³/mol. The molecule has 134 valence electrons. The number of para-hydroxylation sites is 1. The maximum absolute atomic E-state index is 6.05. The van der Waals surface area contributed by atoms with E-state index < -0.39 is 0 Å². The highest BCUT2D eigenvalue weighted by Crippen LogP contribution is 2.22. The topological polar surface area (TPSA) is 51.4 Å². The van der Waals surface area contributed by atoms with Crippen molar-refractivity contribution in [2.45, 2.75) is 32.4 Å². The van der Waals surface area contributed by atoms with Gasteiger partial charge in [-0.3, -0.25) is 4.90 Å². The Labute approximate surface area is 153 Å². The first kappa shape index (κ1) is 16.8. The average molecular weight is 349 g/mol. The van der Waals surface area contributed by atoms with Crippen LogP contribution in [0.5, 0.6) is 5.75 Å². The second-order valence-electron chi connectivity index (χ2n) is 6.77. The standard InChI is InChI=1S/C21H23N3O2/c1-16-7-9-17(10-8-16)21-23-22-20(26-21)15-24-13-11-19(12-14-24)25-18-5-3-2-4-6-18/h2-10,19H,11-15H2,1H3. The van der Waals surface area contributed by atoms with Gasteiger partial charge < -0.3 is 9.15 Å². The number of ether oxygens (including phenoxy) is 1. The fourth-order valence-corrected chi connectivity index (χ4v) is 3.20. The Bertz CT molecular complexity index is 822. The van der Waals surface area contributed by atoms with E-state index in [0.717, 1.165) is 37.2 Å². The van der Waals surface area contributed by atoms with Gasteiger partial charge in [-0.05, 0) is 44.0 Å². The molecule has 5 nitrogen and oxygen atoms in total. The zero-order valence-electron chi connectivity index (χ0n) is 15.0. The predicted octanol–water partition coefficient (Wildman–Crippen LogP) is 4.09. The van der Waals surface area contributed by atoms with Crippen LogP contribution in [0.3, 0.4) is 0 Å². The first-order chi connectivity index (χ1) is 12.8. The summed E-state index contributed by atoms with van der Waals surface area (Å²) in [5, 5.41) is 8.39. The Hall–Kier alpha value is -2.66. The molecule has 5 heteroatoms. The lowest BCUT2D eigenvalue weighted by atomic mass is 10.1. The maximum Gasteiger partial charge on any atom is 0.247 e. The molecule has 1 saturated heterocycles. The fourth-order valence-electron chi connectivity index (χ4n) is 3.20. The normalized spacial score (nSPS) is 15.9. The van der Waals surface area contributed by atoms with Crippen LogP contribution in [0.2, 0.25) is 0 Å². The summed E-state index contributed by atoms with van der Waals surface area (Å²) in [5.41, 5.74) is 2.18. The lowest BCUT2D eigenvalue weighted by Crippen LogP contribution is -2.37. The molecule has 0 bridgehead atoms. The van der Waals surface area contributed by atoms with E-state index in [4.69, 9.17) is 9.15 Å². The lowest BCUT2D eigenvalue weighted by Gasteiger charge is -2.31. The first-order valence-corrected chi connectivity index (χ1v) is 9.10. The van der Waals surface area contributed by atoms with Crippen molar-refractivity contribution in [2.75, 3.05) is 13.1 Å². The molecule has 3 aromatic rings. The minimum atomic E-state index is 0.277. The van der Waals surface area contributed by atoms with Gasteiger partial charge in [0, 0.05) is 18.7 Å². The molecule has 2 aromatic carbocycles. The highest BCUT2D eigenvalue weighted by atomic mass is 16.5. The quantitative estimate of drug-likeness (QED) is 0.694. The summed E-state index contributed by atoms with van der Waals surface area (Å²) in [5.74, 6) is 2.20. The van der Waals surface area contributed by atoms with Gasteiger partial charge in [0.15, 0.2) is 0 Å². The van der Waals surface area contributed by atoms with Crippen molar-refractivity contribution in [1.82, 2.24) is 15.1 Å². The minimum absolute atomic E-state index is 0.277. The molecule has 0 radical (unpaired) electrons. The van der Waals surface area contributed by atoms with E-state index >= 15 is 0 Å². The number of piperidine rings is 1. The Balaban J connectivity index is 1.30. The third-order valence-electron chi connectivity index (χ3n) is 4.70. The molecule has 4 rings (SSSR count). The van der Waals surface area contributed by atoms with Gasteiger partial charge in [0.05, 0.1) is 6.54 Å². The summed E-state index contributed by atoms with van der Waals surface area (Å²) >= 11 is 0. The van der Waals surface area contributed by atoms with Gasteiger partial charge in [-0.25, -0.2) is 0 Å². The van der Waals surface area contributed by atoms with Gasteiger partial charge in [0.2, 0.25) is 11.8 Å². The third-order valence-corrected chi connectivity index (χ3v) is 4.70. The molecule has 0 N–H and O–H groups in total. The van der Waals surface area contributed by atoms with Crippen molar-refractivity contribution in [3.63, 3.8) is 0 Å². The van der Waals surface area contributed by atoms with E-state index in [1.165, 1.54) is 5.56 Å². The number of benzene rings is 2. The zero-order valence-corrected chi connectivity index (χ0v) is 15.0. The third kappa shape index (κ3) is 4.11. The monoisotopic (exact) mass is 349 g/mol. The van der Waals surface area contributed by atoms with Gasteiger partial charge in [0.25, 0.3) is 0 Å². The van der Waals surface area contributed by atoms with Crippen molar-refractivity contribution in [3.8, 4) is 17.2 Å². The first-order valence-electron chi connectivity index (χ1n) is 9.10. The molecule has 1 fully saturated rings. The van der Waals surface area contributed by atoms with Crippen LogP contribution in [0, 0.1) is 6.92 Å². The number of aryl methyl sites for hydroxylation is 1. The molecule has 0 atom stereocenters. The molecule has 1 aliphatic rings. The zero-order chi connectivity index (χ0) is 17.8. The summed E-state index contributed by atoms with van der Waals surface area (Å²) in [6.07, 6.45) is 2.29. The lowest BCUT2D eigenvalue weighted by molar-refractivity contribution is 0.0919. The summed E-state index contributed by atoms with van der Waals surface area (Å²) in [7, 11) is 0. The summed E-state index contributed by atoms with van der Waals surface area (Å²) in [6, 6.07) is 18.2. The van der Waals surface area contributed by atoms with Crippen LogP contribution in [0.25, 0.3) is 11.5 Å². The Morgan fingerprint density at radius 1 is 1.00 bits per heavy atom. The molecule has 1 aromatic heterocycles. The number of hydrogen-bond acceptors (Lipinski definition) is 5. The SMILES string of the molecule is Cc1ccc(-c2nnc(CN3CCC(Oc4ccccc4)CC3)o2)cc1. The van der Waals surface area contributed by atoms with E-state index in [1.54, 1.807) is 0 Å². The second-order valence-corrected chi connectivity index (χ2v) is 6.77. The molecular weight excluding hydrogens is 326 g/mol. The molecule has 26 heavy (non-hydrogen) atoms. The smallest absolute Gasteiger partial charge is 0.247 e. The Morgan fingerprint density at radius 3 is 2.46 bits per heavy atom. The van der Waals surface area contributed by atoms with E-state index in [-0.39, 0.29) is 6.10 Å². The van der Waals surface area contributed by atoms with Gasteiger partial charge >= 0.3 is 0 Å². The number of aromatic nitrogens is 2. The van der Waals surface area contributed by atoms with E-state index in [2.05, 4.69) is 34.2 Å². The largest absolute Gasteiger partial charge is 0.490 e. The van der Waals surface area contributed by atoms with Crippen molar-refractivity contribution >= 4 is 0 Å². The maximum atomic E-state index is 6.05. The molecule has 0 aliphatic carbocycles. The summed E-state index contributed by atoms with van der Waals surface area (Å²) < 4.78 is 11.9. The van der Waals surface area contributed by atoms with Crippen LogP contribution >= 0.6 is 0 Å². The molecule has 0 spiro atoms. The molecule has 0 unspecified atom stereocenters. The molecule has 0 saturated carbocycles. The van der Waals surface area contributed by atoms with Crippen LogP contribution in [0.4, 0.5) is 0 Å². The van der Waals surface area contributed by atoms with Crippen LogP contribution in [-0.4, -0.2) is 34.3 Å². The van der Waals surface area contributed by atoms with Gasteiger partial charge in [-0.1, -0.05) is 35.9 Å². The Kier molecular flexibility index (Phi) is 4.97. The highest BCUT2D eigenvalue weighted by Gasteiger charge is 2.22. The number of rotatable bonds is 5. The number of likely N-dealkylation sites (tertiary alicyclic amines) is 1. The van der Waals surface area contributed by atoms with E-state index in [0.29, 0.717) is 18.3 Å². The molecular formula is C21H23N3O2. The molecule has 0 amide bonds. The van der Waals surface area contributed by atoms with Crippen LogP contribution in [0.15, 0.2) is 59.0 Å². The second kappa shape index (κ2) is 7.70. The van der Waals surface area contributed by atoms with E-state index in [9.17, 15) is 0 Å². The van der Waals surface area contributed by atoms with Crippen LogP contribution < -0.4 is 4.74 Å². The summed E-state index contributed by atoms with van der Waals surface area (Å²) in [4.78, 5) is 2.34. The van der Waals surface area contributed by atoms with Crippen molar-refractivity contribution in [3.05, 3.63) is 66.1 Å². The van der Waals surface area contributed by atoms with Crippen molar-refractivity contribution < 1.29 is 9.15 Å². The van der Waals surface area contributed by atoms with Crippen molar-refractivity contribution in [1.29, 1.82) is 0 Å². The van der Waals surface area contributed by atoms with E-state index in [1.807, 2.05) is 42.5 Å². The van der Waals surface area contributed by atoms with Crippen LogP contribution in [-0.2, 0) is 6.54 Å². The minimum Gasteiger partial charge on any atom is -0.490 e. The molecule has 1 aliphatic heterocycles. The average Bonchev–Trinajstić information content (AvgIpc) is 3.13. The van der Waals surface area contributed by atoms with Gasteiger partial charge in [0.1, 0.15) is 11.9 Å². The molecule has 2 heterocycles. The van der Waals surface area contributed by atoms with Gasteiger partial charge in [-0.15, -0.1) is 10.2 Å². The summed E-state index contributed by atoms with van der Waals surface area (Å²) in [6.45, 7) is 4.70. The van der Waals surface area contributed by atoms with Gasteiger partial charge in [-0.2, -0.15) is 0 Å². The highest BCUT2D eigenvalue weighted by molar-refractivity contribution is 5.52. The van der Waals surface area contributed by atoms with Crippen molar-refractivity contribution in [2.24, 2.45) is 0 Å². The number of nitrogens with zero attached hydrogens (tertiary/aromatic N) is 3. The Morgan fingerprint density at radius 2 is 1.73 bits per heavy atom. The number of hydrogen-bond donors (Lipinski definition) is 0.